The number of carbonyl (C=O) groups excluding carboxylic acids is 1. The summed E-state index contributed by atoms with van der Waals surface area (Å²) < 4.78 is 2.09. The van der Waals surface area contributed by atoms with Gasteiger partial charge in [-0.1, -0.05) is 13.8 Å². The molecule has 2 aromatic heterocycles. The van der Waals surface area contributed by atoms with Gasteiger partial charge in [0.2, 0.25) is 0 Å². The van der Waals surface area contributed by atoms with Crippen LogP contribution in [0.25, 0.3) is 0 Å². The van der Waals surface area contributed by atoms with Gasteiger partial charge < -0.3 is 9.47 Å². The standard InChI is InChI=1S/C13H16N4OS/c1-9(2)11-7-19-12(15-11)13(18)16-3-4-17-8-14-5-10(17)6-16/h5,7-9H,3-4,6H2,1-2H3. The van der Waals surface area contributed by atoms with Crippen molar-refractivity contribution in [3.63, 3.8) is 0 Å². The maximum Gasteiger partial charge on any atom is 0.283 e. The predicted molar refractivity (Wildman–Crippen MR) is 73.2 cm³/mol. The molecule has 0 radical (unpaired) electrons. The maximum absolute atomic E-state index is 12.4. The van der Waals surface area contributed by atoms with Crippen LogP contribution in [0.4, 0.5) is 0 Å². The van der Waals surface area contributed by atoms with Crippen LogP contribution in [-0.2, 0) is 13.1 Å². The lowest BCUT2D eigenvalue weighted by atomic mass is 10.2. The molecule has 100 valence electrons. The van der Waals surface area contributed by atoms with Crippen LogP contribution < -0.4 is 0 Å². The molecule has 1 aliphatic heterocycles. The van der Waals surface area contributed by atoms with Crippen LogP contribution in [0, 0.1) is 0 Å². The van der Waals surface area contributed by atoms with E-state index in [4.69, 9.17) is 0 Å². The van der Waals surface area contributed by atoms with Gasteiger partial charge in [-0.05, 0) is 5.92 Å². The lowest BCUT2D eigenvalue weighted by Crippen LogP contribution is -2.37. The van der Waals surface area contributed by atoms with Gasteiger partial charge in [-0.25, -0.2) is 9.97 Å². The first-order valence-corrected chi connectivity index (χ1v) is 7.27. The van der Waals surface area contributed by atoms with Crippen LogP contribution >= 0.6 is 11.3 Å². The number of imidazole rings is 1. The van der Waals surface area contributed by atoms with Crippen molar-refractivity contribution >= 4 is 17.2 Å². The van der Waals surface area contributed by atoms with E-state index in [2.05, 4.69) is 28.4 Å². The fourth-order valence-corrected chi connectivity index (χ4v) is 3.09. The fourth-order valence-electron chi connectivity index (χ4n) is 2.14. The molecule has 0 aliphatic carbocycles. The van der Waals surface area contributed by atoms with E-state index < -0.39 is 0 Å². The van der Waals surface area contributed by atoms with E-state index in [1.54, 1.807) is 0 Å². The summed E-state index contributed by atoms with van der Waals surface area (Å²) in [7, 11) is 0. The summed E-state index contributed by atoms with van der Waals surface area (Å²) in [6, 6.07) is 0. The number of aromatic nitrogens is 3. The zero-order valence-corrected chi connectivity index (χ0v) is 11.9. The minimum atomic E-state index is 0.0318. The van der Waals surface area contributed by atoms with Gasteiger partial charge in [0, 0.05) is 24.7 Å². The second kappa shape index (κ2) is 4.77. The lowest BCUT2D eigenvalue weighted by Gasteiger charge is -2.27. The monoisotopic (exact) mass is 276 g/mol. The van der Waals surface area contributed by atoms with Gasteiger partial charge in [-0.3, -0.25) is 4.79 Å². The minimum absolute atomic E-state index is 0.0318. The van der Waals surface area contributed by atoms with Crippen LogP contribution in [0.5, 0.6) is 0 Å². The van der Waals surface area contributed by atoms with E-state index in [1.807, 2.05) is 22.8 Å². The average molecular weight is 276 g/mol. The molecule has 0 unspecified atom stereocenters. The highest BCUT2D eigenvalue weighted by Crippen LogP contribution is 2.21. The molecule has 0 bridgehead atoms. The topological polar surface area (TPSA) is 51.0 Å². The Morgan fingerprint density at radius 1 is 1.42 bits per heavy atom. The quantitative estimate of drug-likeness (QED) is 0.844. The van der Waals surface area contributed by atoms with Crippen molar-refractivity contribution in [3.05, 3.63) is 34.3 Å². The van der Waals surface area contributed by atoms with Crippen molar-refractivity contribution < 1.29 is 4.79 Å². The fraction of sp³-hybridized carbons (Fsp3) is 0.462. The number of nitrogens with zero attached hydrogens (tertiary/aromatic N) is 4. The second-order valence-electron chi connectivity index (χ2n) is 5.04. The molecule has 0 N–H and O–H groups in total. The molecule has 6 heteroatoms. The van der Waals surface area contributed by atoms with E-state index in [1.165, 1.54) is 11.3 Å². The third-order valence-electron chi connectivity index (χ3n) is 3.35. The summed E-state index contributed by atoms with van der Waals surface area (Å²) in [6.07, 6.45) is 3.64. The van der Waals surface area contributed by atoms with E-state index >= 15 is 0 Å². The third kappa shape index (κ3) is 2.28. The number of hydrogen-bond acceptors (Lipinski definition) is 4. The number of hydrogen-bond donors (Lipinski definition) is 0. The molecule has 0 aromatic carbocycles. The average Bonchev–Trinajstić information content (AvgIpc) is 3.06. The van der Waals surface area contributed by atoms with E-state index in [9.17, 15) is 4.79 Å². The van der Waals surface area contributed by atoms with E-state index in [-0.39, 0.29) is 5.91 Å². The van der Waals surface area contributed by atoms with Crippen molar-refractivity contribution in [2.45, 2.75) is 32.9 Å². The summed E-state index contributed by atoms with van der Waals surface area (Å²) in [5.41, 5.74) is 2.08. The molecule has 0 saturated carbocycles. The highest BCUT2D eigenvalue weighted by molar-refractivity contribution is 7.11. The normalized spacial score (nSPS) is 14.8. The van der Waals surface area contributed by atoms with Gasteiger partial charge in [-0.15, -0.1) is 11.3 Å². The van der Waals surface area contributed by atoms with Gasteiger partial charge in [0.25, 0.3) is 5.91 Å². The smallest absolute Gasteiger partial charge is 0.283 e. The van der Waals surface area contributed by atoms with Gasteiger partial charge in [0.05, 0.1) is 24.3 Å². The van der Waals surface area contributed by atoms with Crippen LogP contribution in [-0.4, -0.2) is 31.9 Å². The van der Waals surface area contributed by atoms with Crippen LogP contribution in [0.1, 0.15) is 41.0 Å². The molecule has 3 rings (SSSR count). The first-order valence-electron chi connectivity index (χ1n) is 6.39. The molecule has 0 spiro atoms. The van der Waals surface area contributed by atoms with E-state index in [0.29, 0.717) is 17.5 Å². The van der Waals surface area contributed by atoms with Crippen LogP contribution in [0.3, 0.4) is 0 Å². The molecule has 0 fully saturated rings. The summed E-state index contributed by atoms with van der Waals surface area (Å²) >= 11 is 1.44. The number of rotatable bonds is 2. The molecular formula is C13H16N4OS. The highest BCUT2D eigenvalue weighted by Gasteiger charge is 2.24. The maximum atomic E-state index is 12.4. The summed E-state index contributed by atoms with van der Waals surface area (Å²) in [6.45, 7) is 6.32. The Bertz CT molecular complexity index is 601. The summed E-state index contributed by atoms with van der Waals surface area (Å²) in [5, 5.41) is 2.57. The Kier molecular flexibility index (Phi) is 3.10. The third-order valence-corrected chi connectivity index (χ3v) is 4.19. The molecule has 1 amide bonds. The number of amides is 1. The van der Waals surface area contributed by atoms with Crippen LogP contribution in [0.2, 0.25) is 0 Å². The van der Waals surface area contributed by atoms with Crippen molar-refractivity contribution in [3.8, 4) is 0 Å². The Morgan fingerprint density at radius 3 is 3.00 bits per heavy atom. The first kappa shape index (κ1) is 12.3. The first-order chi connectivity index (χ1) is 9.15. The van der Waals surface area contributed by atoms with Crippen molar-refractivity contribution in [1.29, 1.82) is 0 Å². The number of thiazole rings is 1. The van der Waals surface area contributed by atoms with Crippen molar-refractivity contribution in [1.82, 2.24) is 19.4 Å². The molecule has 0 saturated heterocycles. The largest absolute Gasteiger partial charge is 0.331 e. The SMILES string of the molecule is CC(C)c1csc(C(=O)N2CCn3cncc3C2)n1. The second-order valence-corrected chi connectivity index (χ2v) is 5.90. The number of carbonyl (C=O) groups is 1. The molecule has 3 heterocycles. The van der Waals surface area contributed by atoms with Gasteiger partial charge in [0.1, 0.15) is 0 Å². The molecular weight excluding hydrogens is 260 g/mol. The highest BCUT2D eigenvalue weighted by atomic mass is 32.1. The zero-order valence-electron chi connectivity index (χ0n) is 11.0. The Hall–Kier alpha value is -1.69. The van der Waals surface area contributed by atoms with E-state index in [0.717, 1.165) is 24.5 Å². The number of fused-ring (bicyclic) bond motifs is 1. The minimum Gasteiger partial charge on any atom is -0.331 e. The lowest BCUT2D eigenvalue weighted by molar-refractivity contribution is 0.0710. The van der Waals surface area contributed by atoms with Gasteiger partial charge >= 0.3 is 0 Å². The van der Waals surface area contributed by atoms with Crippen LogP contribution in [0.15, 0.2) is 17.9 Å². The van der Waals surface area contributed by atoms with Gasteiger partial charge in [0.15, 0.2) is 5.01 Å². The molecule has 5 nitrogen and oxygen atoms in total. The Balaban J connectivity index is 1.77. The van der Waals surface area contributed by atoms with Crippen molar-refractivity contribution in [2.24, 2.45) is 0 Å². The molecule has 19 heavy (non-hydrogen) atoms. The molecule has 2 aromatic rings. The predicted octanol–water partition coefficient (Wildman–Crippen LogP) is 2.12. The van der Waals surface area contributed by atoms with Gasteiger partial charge in [-0.2, -0.15) is 0 Å². The summed E-state index contributed by atoms with van der Waals surface area (Å²) in [4.78, 5) is 22.8. The zero-order chi connectivity index (χ0) is 13.4. The Labute approximate surface area is 115 Å². The summed E-state index contributed by atoms with van der Waals surface area (Å²) in [5.74, 6) is 0.393. The van der Waals surface area contributed by atoms with Crippen molar-refractivity contribution in [2.75, 3.05) is 6.54 Å². The Morgan fingerprint density at radius 2 is 2.26 bits per heavy atom. The molecule has 0 atom stereocenters. The molecule has 1 aliphatic rings.